The Bertz CT molecular complexity index is 418. The van der Waals surface area contributed by atoms with Crippen LogP contribution in [0.4, 0.5) is 0 Å². The zero-order valence-corrected chi connectivity index (χ0v) is 9.80. The molecule has 1 aromatic rings. The molecule has 0 atom stereocenters. The first kappa shape index (κ1) is 12.5. The van der Waals surface area contributed by atoms with E-state index < -0.39 is 11.7 Å². The number of ether oxygens (including phenoxy) is 1. The molecule has 1 N–H and O–H groups in total. The van der Waals surface area contributed by atoms with Gasteiger partial charge in [-0.3, -0.25) is 9.59 Å². The number of nitrogens with one attached hydrogen (secondary N) is 1. The highest BCUT2D eigenvalue weighted by Crippen LogP contribution is 2.22. The minimum absolute atomic E-state index is 0.223. The molecule has 1 amide bonds. The number of hydrogen-bond donors (Lipinski definition) is 1. The van der Waals surface area contributed by atoms with E-state index in [0.717, 1.165) is 5.56 Å². The van der Waals surface area contributed by atoms with Crippen molar-refractivity contribution in [2.45, 2.75) is 13.5 Å². The Hall–Kier alpha value is -1.55. The van der Waals surface area contributed by atoms with Gasteiger partial charge in [0, 0.05) is 18.5 Å². The van der Waals surface area contributed by atoms with Crippen LogP contribution in [0.25, 0.3) is 0 Å². The molecule has 86 valence electrons. The van der Waals surface area contributed by atoms with Crippen molar-refractivity contribution >= 4 is 23.3 Å². The molecule has 4 nitrogen and oxygen atoms in total. The molecule has 0 radical (unpaired) electrons. The summed E-state index contributed by atoms with van der Waals surface area (Å²) >= 11 is 5.95. The van der Waals surface area contributed by atoms with Gasteiger partial charge >= 0.3 is 0 Å². The summed E-state index contributed by atoms with van der Waals surface area (Å²) in [6, 6.07) is 5.12. The predicted molar refractivity (Wildman–Crippen MR) is 60.5 cm³/mol. The Morgan fingerprint density at radius 3 is 2.62 bits per heavy atom. The molecule has 0 aliphatic rings. The van der Waals surface area contributed by atoms with Gasteiger partial charge < -0.3 is 10.1 Å². The molecule has 0 aliphatic carbocycles. The summed E-state index contributed by atoms with van der Waals surface area (Å²) in [6.07, 6.45) is 0. The molecular formula is C11H12ClNO3. The Morgan fingerprint density at radius 2 is 2.12 bits per heavy atom. The highest BCUT2D eigenvalue weighted by atomic mass is 35.5. The molecule has 0 spiro atoms. The lowest BCUT2D eigenvalue weighted by atomic mass is 10.2. The second-order valence-corrected chi connectivity index (χ2v) is 3.60. The fourth-order valence-corrected chi connectivity index (χ4v) is 1.34. The molecule has 1 rings (SSSR count). The van der Waals surface area contributed by atoms with Crippen LogP contribution >= 0.6 is 11.6 Å². The number of rotatable bonds is 4. The van der Waals surface area contributed by atoms with E-state index in [1.54, 1.807) is 25.3 Å². The first-order valence-electron chi connectivity index (χ1n) is 4.65. The monoisotopic (exact) mass is 241 g/mol. The van der Waals surface area contributed by atoms with E-state index in [4.69, 9.17) is 16.3 Å². The summed E-state index contributed by atoms with van der Waals surface area (Å²) in [6.45, 7) is 1.44. The Kier molecular flexibility index (Phi) is 4.31. The van der Waals surface area contributed by atoms with Crippen LogP contribution in [-0.2, 0) is 16.1 Å². The van der Waals surface area contributed by atoms with Gasteiger partial charge in [-0.2, -0.15) is 0 Å². The zero-order valence-electron chi connectivity index (χ0n) is 9.04. The molecule has 5 heteroatoms. The summed E-state index contributed by atoms with van der Waals surface area (Å²) in [5, 5.41) is 2.95. The van der Waals surface area contributed by atoms with Crippen LogP contribution in [0.5, 0.6) is 5.75 Å². The first-order valence-corrected chi connectivity index (χ1v) is 5.03. The minimum atomic E-state index is -0.619. The fraction of sp³-hybridized carbons (Fsp3) is 0.273. The van der Waals surface area contributed by atoms with Crippen LogP contribution in [0.3, 0.4) is 0 Å². The maximum Gasteiger partial charge on any atom is 0.287 e. The maximum absolute atomic E-state index is 11.0. The third kappa shape index (κ3) is 3.24. The number of methoxy groups -OCH3 is 1. The van der Waals surface area contributed by atoms with Crippen molar-refractivity contribution in [3.63, 3.8) is 0 Å². The van der Waals surface area contributed by atoms with E-state index in [0.29, 0.717) is 10.8 Å². The molecule has 0 aliphatic heterocycles. The van der Waals surface area contributed by atoms with E-state index in [9.17, 15) is 9.59 Å². The molecule has 0 bridgehead atoms. The normalized spacial score (nSPS) is 9.69. The maximum atomic E-state index is 11.0. The van der Waals surface area contributed by atoms with Gasteiger partial charge in [0.05, 0.1) is 7.11 Å². The van der Waals surface area contributed by atoms with Crippen molar-refractivity contribution in [1.82, 2.24) is 5.32 Å². The van der Waals surface area contributed by atoms with Gasteiger partial charge in [-0.05, 0) is 17.7 Å². The fourth-order valence-electron chi connectivity index (χ4n) is 1.10. The molecule has 1 aromatic carbocycles. The van der Waals surface area contributed by atoms with Gasteiger partial charge in [-0.25, -0.2) is 0 Å². The molecule has 0 fully saturated rings. The highest BCUT2D eigenvalue weighted by Gasteiger charge is 2.08. The van der Waals surface area contributed by atoms with Gasteiger partial charge in [0.15, 0.2) is 0 Å². The van der Waals surface area contributed by atoms with Crippen molar-refractivity contribution < 1.29 is 14.3 Å². The number of carbonyl (C=O) groups excluding carboxylic acids is 2. The molecular weight excluding hydrogens is 230 g/mol. The Morgan fingerprint density at radius 1 is 1.44 bits per heavy atom. The van der Waals surface area contributed by atoms with Crippen LogP contribution in [0, 0.1) is 0 Å². The lowest BCUT2D eigenvalue weighted by molar-refractivity contribution is -0.136. The summed E-state index contributed by atoms with van der Waals surface area (Å²) in [5.74, 6) is -0.497. The summed E-state index contributed by atoms with van der Waals surface area (Å²) in [4.78, 5) is 21.7. The Labute approximate surface area is 98.5 Å². The molecule has 16 heavy (non-hydrogen) atoms. The van der Waals surface area contributed by atoms with Crippen molar-refractivity contribution in [2.75, 3.05) is 7.11 Å². The second-order valence-electron chi connectivity index (χ2n) is 3.20. The van der Waals surface area contributed by atoms with Crippen molar-refractivity contribution in [3.05, 3.63) is 28.8 Å². The van der Waals surface area contributed by atoms with Gasteiger partial charge in [0.1, 0.15) is 5.75 Å². The van der Waals surface area contributed by atoms with Crippen LogP contribution in [0.15, 0.2) is 18.2 Å². The molecule has 0 unspecified atom stereocenters. The number of ketones is 1. The lowest BCUT2D eigenvalue weighted by Gasteiger charge is -2.07. The van der Waals surface area contributed by atoms with Crippen LogP contribution in [0.1, 0.15) is 12.5 Å². The average Bonchev–Trinajstić information content (AvgIpc) is 2.26. The first-order chi connectivity index (χ1) is 7.54. The van der Waals surface area contributed by atoms with E-state index in [-0.39, 0.29) is 6.54 Å². The Balaban J connectivity index is 2.68. The molecule has 0 heterocycles. The summed E-state index contributed by atoms with van der Waals surface area (Å²) in [5.41, 5.74) is 0.733. The van der Waals surface area contributed by atoms with E-state index >= 15 is 0 Å². The van der Waals surface area contributed by atoms with Crippen LogP contribution in [0.2, 0.25) is 5.02 Å². The SMILES string of the molecule is COc1ccc(CNC(=O)C(C)=O)c(Cl)c1. The van der Waals surface area contributed by atoms with Gasteiger partial charge in [0.25, 0.3) is 5.91 Å². The third-order valence-corrected chi connectivity index (χ3v) is 2.37. The topological polar surface area (TPSA) is 55.4 Å². The quantitative estimate of drug-likeness (QED) is 0.814. The smallest absolute Gasteiger partial charge is 0.287 e. The highest BCUT2D eigenvalue weighted by molar-refractivity contribution is 6.35. The van der Waals surface area contributed by atoms with Crippen LogP contribution < -0.4 is 10.1 Å². The van der Waals surface area contributed by atoms with E-state index in [2.05, 4.69) is 5.32 Å². The van der Waals surface area contributed by atoms with Gasteiger partial charge in [-0.1, -0.05) is 17.7 Å². The minimum Gasteiger partial charge on any atom is -0.497 e. The summed E-state index contributed by atoms with van der Waals surface area (Å²) < 4.78 is 4.99. The van der Waals surface area contributed by atoms with Crippen molar-refractivity contribution in [3.8, 4) is 5.75 Å². The predicted octanol–water partition coefficient (Wildman–Crippen LogP) is 1.55. The number of Topliss-reactive ketones (excluding diaryl/α,β-unsaturated/α-hetero) is 1. The second kappa shape index (κ2) is 5.51. The standard InChI is InChI=1S/C11H12ClNO3/c1-7(14)11(15)13-6-8-3-4-9(16-2)5-10(8)12/h3-5H,6H2,1-2H3,(H,13,15). The zero-order chi connectivity index (χ0) is 12.1. The molecule has 0 saturated carbocycles. The van der Waals surface area contributed by atoms with Crippen molar-refractivity contribution in [1.29, 1.82) is 0 Å². The number of amides is 1. The molecule has 0 saturated heterocycles. The van der Waals surface area contributed by atoms with Gasteiger partial charge in [0.2, 0.25) is 5.78 Å². The largest absolute Gasteiger partial charge is 0.497 e. The van der Waals surface area contributed by atoms with E-state index in [1.165, 1.54) is 6.92 Å². The van der Waals surface area contributed by atoms with Gasteiger partial charge in [-0.15, -0.1) is 0 Å². The molecule has 0 aromatic heterocycles. The number of carbonyl (C=O) groups is 2. The number of benzene rings is 1. The number of halogens is 1. The average molecular weight is 242 g/mol. The van der Waals surface area contributed by atoms with Crippen molar-refractivity contribution in [2.24, 2.45) is 0 Å². The van der Waals surface area contributed by atoms with Crippen LogP contribution in [-0.4, -0.2) is 18.8 Å². The third-order valence-electron chi connectivity index (χ3n) is 2.02. The van der Waals surface area contributed by atoms with E-state index in [1.807, 2.05) is 0 Å². The lowest BCUT2D eigenvalue weighted by Crippen LogP contribution is -2.28. The summed E-state index contributed by atoms with van der Waals surface area (Å²) in [7, 11) is 1.54. The number of hydrogen-bond acceptors (Lipinski definition) is 3.